The SMILES string of the molecule is COC(=O)c1ccc(Oc2ncc(Cl)cc2[N+](=O)[O-])cc1. The first-order chi connectivity index (χ1) is 10.0. The molecule has 1 aromatic heterocycles. The number of hydrogen-bond donors (Lipinski definition) is 0. The predicted molar refractivity (Wildman–Crippen MR) is 73.8 cm³/mol. The second kappa shape index (κ2) is 6.19. The van der Waals surface area contributed by atoms with Crippen LogP contribution in [0.2, 0.25) is 5.02 Å². The highest BCUT2D eigenvalue weighted by Gasteiger charge is 2.18. The van der Waals surface area contributed by atoms with Gasteiger partial charge in [-0.05, 0) is 24.3 Å². The molecule has 0 unspecified atom stereocenters. The first-order valence-corrected chi connectivity index (χ1v) is 6.05. The molecule has 0 atom stereocenters. The third-order valence-corrected chi connectivity index (χ3v) is 2.69. The van der Waals surface area contributed by atoms with E-state index in [1.54, 1.807) is 0 Å². The van der Waals surface area contributed by atoms with E-state index in [4.69, 9.17) is 16.3 Å². The summed E-state index contributed by atoms with van der Waals surface area (Å²) >= 11 is 5.66. The van der Waals surface area contributed by atoms with Crippen molar-refractivity contribution in [2.24, 2.45) is 0 Å². The van der Waals surface area contributed by atoms with Gasteiger partial charge in [0.1, 0.15) is 5.75 Å². The van der Waals surface area contributed by atoms with E-state index in [0.717, 1.165) is 6.07 Å². The van der Waals surface area contributed by atoms with Crippen LogP contribution >= 0.6 is 11.6 Å². The standard InChI is InChI=1S/C13H9ClN2O5/c1-20-13(17)8-2-4-10(5-3-8)21-12-11(16(18)19)6-9(14)7-15-12/h2-7H,1H3. The second-order valence-corrected chi connectivity index (χ2v) is 4.29. The number of nitrogens with zero attached hydrogens (tertiary/aromatic N) is 2. The maximum atomic E-state index is 11.3. The Hall–Kier alpha value is -2.67. The molecule has 0 fully saturated rings. The van der Waals surface area contributed by atoms with Gasteiger partial charge in [0, 0.05) is 6.07 Å². The lowest BCUT2D eigenvalue weighted by atomic mass is 10.2. The molecule has 0 spiro atoms. The van der Waals surface area contributed by atoms with E-state index in [1.165, 1.54) is 37.6 Å². The van der Waals surface area contributed by atoms with E-state index in [2.05, 4.69) is 9.72 Å². The summed E-state index contributed by atoms with van der Waals surface area (Å²) in [6, 6.07) is 7.05. The zero-order chi connectivity index (χ0) is 15.4. The Morgan fingerprint density at radius 3 is 2.57 bits per heavy atom. The highest BCUT2D eigenvalue weighted by atomic mass is 35.5. The van der Waals surface area contributed by atoms with Gasteiger partial charge in [0.25, 0.3) is 5.88 Å². The fourth-order valence-corrected chi connectivity index (χ4v) is 1.67. The lowest BCUT2D eigenvalue weighted by molar-refractivity contribution is -0.386. The molecule has 7 nitrogen and oxygen atoms in total. The summed E-state index contributed by atoms with van der Waals surface area (Å²) in [5, 5.41) is 11.0. The first-order valence-electron chi connectivity index (χ1n) is 5.67. The number of esters is 1. The van der Waals surface area contributed by atoms with Crippen molar-refractivity contribution in [3.05, 3.63) is 57.2 Å². The van der Waals surface area contributed by atoms with Crippen LogP contribution in [-0.4, -0.2) is 23.0 Å². The highest BCUT2D eigenvalue weighted by molar-refractivity contribution is 6.30. The molecule has 1 heterocycles. The lowest BCUT2D eigenvalue weighted by Gasteiger charge is -2.06. The van der Waals surface area contributed by atoms with Gasteiger partial charge in [-0.25, -0.2) is 9.78 Å². The number of carbonyl (C=O) groups is 1. The molecule has 2 rings (SSSR count). The number of benzene rings is 1. The molecule has 108 valence electrons. The van der Waals surface area contributed by atoms with Crippen molar-refractivity contribution in [3.8, 4) is 11.6 Å². The minimum atomic E-state index is -0.642. The second-order valence-electron chi connectivity index (χ2n) is 3.85. The number of nitro groups is 1. The van der Waals surface area contributed by atoms with Gasteiger partial charge in [-0.15, -0.1) is 0 Å². The molecule has 0 aliphatic carbocycles. The van der Waals surface area contributed by atoms with Gasteiger partial charge in [0.05, 0.1) is 28.8 Å². The summed E-state index contributed by atoms with van der Waals surface area (Å²) in [5.41, 5.74) is -0.0111. The van der Waals surface area contributed by atoms with Crippen molar-refractivity contribution in [3.63, 3.8) is 0 Å². The Labute approximate surface area is 124 Å². The van der Waals surface area contributed by atoms with Gasteiger partial charge in [0.15, 0.2) is 0 Å². The fraction of sp³-hybridized carbons (Fsp3) is 0.0769. The smallest absolute Gasteiger partial charge is 0.337 e. The molecule has 0 N–H and O–H groups in total. The van der Waals surface area contributed by atoms with Crippen LogP contribution in [0.4, 0.5) is 5.69 Å². The summed E-state index contributed by atoms with van der Waals surface area (Å²) in [6.45, 7) is 0. The van der Waals surface area contributed by atoms with E-state index in [9.17, 15) is 14.9 Å². The normalized spacial score (nSPS) is 10.0. The van der Waals surface area contributed by atoms with Crippen molar-refractivity contribution in [2.75, 3.05) is 7.11 Å². The molecule has 0 saturated heterocycles. The maximum Gasteiger partial charge on any atom is 0.337 e. The maximum absolute atomic E-state index is 11.3. The minimum Gasteiger partial charge on any atom is -0.465 e. The molecular formula is C13H9ClN2O5. The number of methoxy groups -OCH3 is 1. The fourth-order valence-electron chi connectivity index (χ4n) is 1.51. The number of pyridine rings is 1. The van der Waals surface area contributed by atoms with Crippen LogP contribution < -0.4 is 4.74 Å². The third kappa shape index (κ3) is 3.46. The quantitative estimate of drug-likeness (QED) is 0.489. The molecule has 0 saturated carbocycles. The molecule has 0 aliphatic heterocycles. The molecule has 0 aliphatic rings. The lowest BCUT2D eigenvalue weighted by Crippen LogP contribution is -2.00. The van der Waals surface area contributed by atoms with Gasteiger partial charge in [-0.1, -0.05) is 11.6 Å². The number of halogens is 1. The molecule has 1 aromatic carbocycles. The predicted octanol–water partition coefficient (Wildman–Crippen LogP) is 3.22. The molecule has 2 aromatic rings. The van der Waals surface area contributed by atoms with Gasteiger partial charge >= 0.3 is 11.7 Å². The van der Waals surface area contributed by atoms with E-state index >= 15 is 0 Å². The van der Waals surface area contributed by atoms with E-state index in [0.29, 0.717) is 11.3 Å². The number of ether oxygens (including phenoxy) is 2. The van der Waals surface area contributed by atoms with Crippen LogP contribution in [0.15, 0.2) is 36.5 Å². The van der Waals surface area contributed by atoms with Crippen molar-refractivity contribution >= 4 is 23.3 Å². The Kier molecular flexibility index (Phi) is 4.34. The van der Waals surface area contributed by atoms with Gasteiger partial charge in [-0.3, -0.25) is 10.1 Å². The first kappa shape index (κ1) is 14.7. The average Bonchev–Trinajstić information content (AvgIpc) is 2.49. The van der Waals surface area contributed by atoms with Crippen molar-refractivity contribution in [2.45, 2.75) is 0 Å². The van der Waals surface area contributed by atoms with E-state index in [-0.39, 0.29) is 16.6 Å². The van der Waals surface area contributed by atoms with E-state index < -0.39 is 10.9 Å². The topological polar surface area (TPSA) is 91.6 Å². The van der Waals surface area contributed by atoms with Crippen LogP contribution in [0.25, 0.3) is 0 Å². The largest absolute Gasteiger partial charge is 0.465 e. The van der Waals surface area contributed by atoms with Crippen molar-refractivity contribution in [1.82, 2.24) is 4.98 Å². The molecule has 0 bridgehead atoms. The van der Waals surface area contributed by atoms with Crippen molar-refractivity contribution in [1.29, 1.82) is 0 Å². The van der Waals surface area contributed by atoms with Crippen LogP contribution in [0, 0.1) is 10.1 Å². The minimum absolute atomic E-state index is 0.134. The number of aromatic nitrogens is 1. The summed E-state index contributed by atoms with van der Waals surface area (Å²) < 4.78 is 9.89. The number of carbonyl (C=O) groups excluding carboxylic acids is 1. The molecule has 0 radical (unpaired) electrons. The van der Waals surface area contributed by atoms with E-state index in [1.807, 2.05) is 0 Å². The molecular weight excluding hydrogens is 300 g/mol. The monoisotopic (exact) mass is 308 g/mol. The third-order valence-electron chi connectivity index (χ3n) is 2.49. The highest BCUT2D eigenvalue weighted by Crippen LogP contribution is 2.31. The summed E-state index contributed by atoms with van der Waals surface area (Å²) in [6.07, 6.45) is 1.24. The van der Waals surface area contributed by atoms with Crippen LogP contribution in [0.1, 0.15) is 10.4 Å². The van der Waals surface area contributed by atoms with Gasteiger partial charge < -0.3 is 9.47 Å². The molecule has 8 heteroatoms. The Bertz CT molecular complexity index is 687. The molecule has 21 heavy (non-hydrogen) atoms. The summed E-state index contributed by atoms with van der Waals surface area (Å²) in [5.74, 6) is -0.382. The Morgan fingerprint density at radius 2 is 2.00 bits per heavy atom. The van der Waals surface area contributed by atoms with Crippen LogP contribution in [0.3, 0.4) is 0 Å². The van der Waals surface area contributed by atoms with Gasteiger partial charge in [0.2, 0.25) is 0 Å². The molecule has 0 amide bonds. The van der Waals surface area contributed by atoms with Crippen molar-refractivity contribution < 1.29 is 19.2 Å². The zero-order valence-corrected chi connectivity index (χ0v) is 11.5. The zero-order valence-electron chi connectivity index (χ0n) is 10.8. The van der Waals surface area contributed by atoms with Gasteiger partial charge in [-0.2, -0.15) is 0 Å². The average molecular weight is 309 g/mol. The summed E-state index contributed by atoms with van der Waals surface area (Å²) in [4.78, 5) is 25.3. The Morgan fingerprint density at radius 1 is 1.33 bits per heavy atom. The Balaban J connectivity index is 2.26. The van der Waals surface area contributed by atoms with Crippen LogP contribution in [0.5, 0.6) is 11.6 Å². The number of hydrogen-bond acceptors (Lipinski definition) is 6. The number of rotatable bonds is 4. The van der Waals surface area contributed by atoms with Crippen LogP contribution in [-0.2, 0) is 4.74 Å². The summed E-state index contributed by atoms with van der Waals surface area (Å²) in [7, 11) is 1.27.